The van der Waals surface area contributed by atoms with Crippen molar-refractivity contribution in [3.05, 3.63) is 101 Å². The third-order valence-corrected chi connectivity index (χ3v) is 7.24. The Bertz CT molecular complexity index is 1720. The molecule has 0 amide bonds. The van der Waals surface area contributed by atoms with Gasteiger partial charge < -0.3 is 9.52 Å². The number of benzene rings is 4. The van der Waals surface area contributed by atoms with Crippen molar-refractivity contribution >= 4 is 23.0 Å². The van der Waals surface area contributed by atoms with Gasteiger partial charge >= 0.3 is 0 Å². The normalized spacial score (nSPS) is 12.5. The largest absolute Gasteiger partial charge is 0.507 e. The number of fused-ring (bicyclic) bond motifs is 1. The molecule has 204 valence electrons. The van der Waals surface area contributed by atoms with E-state index in [1.165, 1.54) is 11.1 Å². The van der Waals surface area contributed by atoms with Gasteiger partial charge in [0.1, 0.15) is 11.3 Å². The molecule has 40 heavy (non-hydrogen) atoms. The molecule has 0 unspecified atom stereocenters. The lowest BCUT2D eigenvalue weighted by Gasteiger charge is -2.27. The van der Waals surface area contributed by atoms with E-state index in [2.05, 4.69) is 85.7 Å². The van der Waals surface area contributed by atoms with Gasteiger partial charge in [0.05, 0.1) is 11.3 Å². The summed E-state index contributed by atoms with van der Waals surface area (Å²) in [6.45, 7) is 17.1. The molecule has 0 fully saturated rings. The Labute approximate surface area is 237 Å². The van der Waals surface area contributed by atoms with Crippen LogP contribution in [0.1, 0.15) is 69.4 Å². The van der Waals surface area contributed by atoms with Gasteiger partial charge in [-0.2, -0.15) is 0 Å². The van der Waals surface area contributed by atoms with Gasteiger partial charge in [0.25, 0.3) is 0 Å². The van der Waals surface area contributed by atoms with E-state index >= 15 is 0 Å². The van der Waals surface area contributed by atoms with E-state index in [1.807, 2.05) is 42.5 Å². The van der Waals surface area contributed by atoms with Crippen LogP contribution in [0.25, 0.3) is 33.7 Å². The highest BCUT2D eigenvalue weighted by molar-refractivity contribution is 5.93. The number of phenolic OH excluding ortho intramolecular Hbond substituents is 1. The van der Waals surface area contributed by atoms with Gasteiger partial charge in [-0.1, -0.05) is 101 Å². The van der Waals surface area contributed by atoms with Crippen LogP contribution in [-0.4, -0.2) is 16.3 Å². The molecule has 0 saturated heterocycles. The predicted molar refractivity (Wildman–Crippen MR) is 167 cm³/mol. The van der Waals surface area contributed by atoms with E-state index in [1.54, 1.807) is 6.21 Å². The van der Waals surface area contributed by atoms with E-state index in [9.17, 15) is 5.11 Å². The summed E-state index contributed by atoms with van der Waals surface area (Å²) in [7, 11) is 0. The number of aliphatic imine (C=N–C) groups is 1. The number of phenols is 1. The van der Waals surface area contributed by atoms with E-state index < -0.39 is 0 Å². The average molecular weight is 531 g/mol. The fraction of sp³-hybridized carbons (Fsp3) is 0.278. The van der Waals surface area contributed by atoms with Gasteiger partial charge in [-0.15, -0.1) is 0 Å². The first-order valence-electron chi connectivity index (χ1n) is 13.8. The number of nitrogens with zero attached hydrogens (tertiary/aromatic N) is 2. The maximum atomic E-state index is 11.2. The summed E-state index contributed by atoms with van der Waals surface area (Å²) < 4.78 is 6.29. The topological polar surface area (TPSA) is 58.6 Å². The van der Waals surface area contributed by atoms with E-state index in [0.29, 0.717) is 11.5 Å². The minimum absolute atomic E-state index is 0.0695. The van der Waals surface area contributed by atoms with Crippen LogP contribution in [0, 0.1) is 13.8 Å². The summed E-state index contributed by atoms with van der Waals surface area (Å²) in [4.78, 5) is 9.80. The molecule has 0 spiro atoms. The lowest BCUT2D eigenvalue weighted by atomic mass is 9.79. The molecular formula is C36H38N2O2. The standard InChI is InChI=1S/C36H38N2O2/c1-22-16-23(2)18-24(17-22)27-13-11-15-31-32(27)38-34(40-31)28-12-9-10-14-30(28)37-21-25-19-26(35(3,4)5)20-29(33(25)39)36(6,7)8/h9-21,39H,1-8H3. The Kier molecular flexibility index (Phi) is 6.91. The van der Waals surface area contributed by atoms with Crippen molar-refractivity contribution in [2.45, 2.75) is 66.2 Å². The Hall–Kier alpha value is -4.18. The maximum absolute atomic E-state index is 11.2. The average Bonchev–Trinajstić information content (AvgIpc) is 3.30. The van der Waals surface area contributed by atoms with Crippen LogP contribution < -0.4 is 0 Å². The molecule has 1 N–H and O–H groups in total. The highest BCUT2D eigenvalue weighted by Gasteiger charge is 2.24. The van der Waals surface area contributed by atoms with Crippen LogP contribution in [0.2, 0.25) is 0 Å². The van der Waals surface area contributed by atoms with Crippen molar-refractivity contribution in [2.75, 3.05) is 0 Å². The summed E-state index contributed by atoms with van der Waals surface area (Å²) in [6, 6.07) is 24.6. The van der Waals surface area contributed by atoms with Gasteiger partial charge in [-0.3, -0.25) is 4.99 Å². The minimum Gasteiger partial charge on any atom is -0.507 e. The number of hydrogen-bond donors (Lipinski definition) is 1. The quantitative estimate of drug-likeness (QED) is 0.235. The number of para-hydroxylation sites is 2. The van der Waals surface area contributed by atoms with Gasteiger partial charge in [0, 0.05) is 22.9 Å². The summed E-state index contributed by atoms with van der Waals surface area (Å²) >= 11 is 0. The molecule has 0 saturated carbocycles. The summed E-state index contributed by atoms with van der Waals surface area (Å²) in [5, 5.41) is 11.2. The van der Waals surface area contributed by atoms with Crippen LogP contribution in [-0.2, 0) is 10.8 Å². The molecule has 1 aromatic heterocycles. The predicted octanol–water partition coefficient (Wildman–Crippen LogP) is 9.83. The lowest BCUT2D eigenvalue weighted by molar-refractivity contribution is 0.444. The molecule has 0 bridgehead atoms. The van der Waals surface area contributed by atoms with Crippen molar-refractivity contribution in [1.82, 2.24) is 4.98 Å². The highest BCUT2D eigenvalue weighted by Crippen LogP contribution is 2.39. The Balaban J connectivity index is 1.60. The number of aromatic nitrogens is 1. The molecule has 1 heterocycles. The van der Waals surface area contributed by atoms with Crippen molar-refractivity contribution < 1.29 is 9.52 Å². The van der Waals surface area contributed by atoms with Crippen LogP contribution in [0.15, 0.2) is 82.2 Å². The molecule has 0 aliphatic heterocycles. The van der Waals surface area contributed by atoms with Gasteiger partial charge in [0.15, 0.2) is 5.58 Å². The zero-order valence-electron chi connectivity index (χ0n) is 24.8. The summed E-state index contributed by atoms with van der Waals surface area (Å²) in [5.74, 6) is 0.782. The molecule has 0 aliphatic rings. The molecule has 5 aromatic rings. The van der Waals surface area contributed by atoms with Crippen molar-refractivity contribution in [1.29, 1.82) is 0 Å². The zero-order chi connectivity index (χ0) is 28.8. The summed E-state index contributed by atoms with van der Waals surface area (Å²) in [5.41, 5.74) is 10.1. The minimum atomic E-state index is -0.211. The Morgan fingerprint density at radius 2 is 1.45 bits per heavy atom. The van der Waals surface area contributed by atoms with E-state index in [4.69, 9.17) is 14.4 Å². The van der Waals surface area contributed by atoms with Gasteiger partial charge in [-0.05, 0) is 60.1 Å². The third kappa shape index (κ3) is 5.44. The molecule has 0 aliphatic carbocycles. The van der Waals surface area contributed by atoms with Crippen LogP contribution in [0.4, 0.5) is 5.69 Å². The SMILES string of the molecule is Cc1cc(C)cc(-c2cccc3oc(-c4ccccc4N=Cc4cc(C(C)(C)C)cc(C(C)(C)C)c4O)nc23)c1. The number of aryl methyl sites for hydroxylation is 2. The Morgan fingerprint density at radius 1 is 0.775 bits per heavy atom. The molecule has 0 atom stereocenters. The fourth-order valence-corrected chi connectivity index (χ4v) is 5.09. The Morgan fingerprint density at radius 3 is 2.12 bits per heavy atom. The number of rotatable bonds is 4. The van der Waals surface area contributed by atoms with E-state index in [-0.39, 0.29) is 16.6 Å². The maximum Gasteiger partial charge on any atom is 0.229 e. The molecule has 4 heteroatoms. The second kappa shape index (κ2) is 10.1. The number of oxazole rings is 1. The highest BCUT2D eigenvalue weighted by atomic mass is 16.3. The monoisotopic (exact) mass is 530 g/mol. The van der Waals surface area contributed by atoms with Crippen molar-refractivity contribution in [3.63, 3.8) is 0 Å². The lowest BCUT2D eigenvalue weighted by Crippen LogP contribution is -2.17. The molecule has 0 radical (unpaired) electrons. The number of aromatic hydroxyl groups is 1. The molecule has 5 rings (SSSR count). The molecule has 4 nitrogen and oxygen atoms in total. The van der Waals surface area contributed by atoms with Crippen LogP contribution >= 0.6 is 0 Å². The first kappa shape index (κ1) is 27.4. The second-order valence-corrected chi connectivity index (χ2v) is 12.8. The first-order valence-corrected chi connectivity index (χ1v) is 13.8. The van der Waals surface area contributed by atoms with Gasteiger partial charge in [-0.25, -0.2) is 4.98 Å². The van der Waals surface area contributed by atoms with Crippen LogP contribution in [0.5, 0.6) is 5.75 Å². The first-order chi connectivity index (χ1) is 18.8. The zero-order valence-corrected chi connectivity index (χ0v) is 24.8. The van der Waals surface area contributed by atoms with Crippen molar-refractivity contribution in [3.8, 4) is 28.3 Å². The second-order valence-electron chi connectivity index (χ2n) is 12.8. The molecule has 4 aromatic carbocycles. The summed E-state index contributed by atoms with van der Waals surface area (Å²) in [6.07, 6.45) is 1.75. The third-order valence-electron chi connectivity index (χ3n) is 7.24. The smallest absolute Gasteiger partial charge is 0.229 e. The van der Waals surface area contributed by atoms with Crippen LogP contribution in [0.3, 0.4) is 0 Å². The molecular weight excluding hydrogens is 492 g/mol. The van der Waals surface area contributed by atoms with Crippen molar-refractivity contribution in [2.24, 2.45) is 4.99 Å². The number of hydrogen-bond acceptors (Lipinski definition) is 4. The van der Waals surface area contributed by atoms with E-state index in [0.717, 1.165) is 44.6 Å². The fourth-order valence-electron chi connectivity index (χ4n) is 5.09. The van der Waals surface area contributed by atoms with Gasteiger partial charge in [0.2, 0.25) is 5.89 Å².